The summed E-state index contributed by atoms with van der Waals surface area (Å²) in [6, 6.07) is 9.76. The molecule has 0 fully saturated rings. The van der Waals surface area contributed by atoms with E-state index in [1.54, 1.807) is 0 Å². The first-order chi connectivity index (χ1) is 11.3. The van der Waals surface area contributed by atoms with E-state index in [1.807, 2.05) is 36.4 Å². The highest BCUT2D eigenvalue weighted by molar-refractivity contribution is 9.10. The lowest BCUT2D eigenvalue weighted by Gasteiger charge is -2.11. The smallest absolute Gasteiger partial charge is 0.181 e. The maximum atomic E-state index is 14.2. The Labute approximate surface area is 147 Å². The van der Waals surface area contributed by atoms with E-state index in [1.165, 1.54) is 0 Å². The summed E-state index contributed by atoms with van der Waals surface area (Å²) < 4.78 is 52.3. The van der Waals surface area contributed by atoms with Crippen LogP contribution in [0.1, 0.15) is 17.5 Å². The Kier molecular flexibility index (Phi) is 4.44. The van der Waals surface area contributed by atoms with E-state index in [0.29, 0.717) is 12.0 Å². The molecule has 0 saturated carbocycles. The molecular weight excluding hydrogens is 398 g/mol. The van der Waals surface area contributed by atoms with Gasteiger partial charge in [-0.25, -0.2) is 17.2 Å². The molecule has 6 heteroatoms. The molecule has 0 aromatic heterocycles. The summed E-state index contributed by atoms with van der Waals surface area (Å²) in [6.45, 7) is 0. The van der Waals surface area contributed by atoms with Gasteiger partial charge in [-0.3, -0.25) is 0 Å². The monoisotopic (exact) mass is 410 g/mol. The quantitative estimate of drug-likeness (QED) is 0.713. The van der Waals surface area contributed by atoms with Crippen molar-refractivity contribution >= 4 is 36.9 Å². The van der Waals surface area contributed by atoms with Gasteiger partial charge < -0.3 is 0 Å². The molecule has 2 aromatic rings. The fraction of sp³-hybridized carbons (Fsp3) is 0.111. The van der Waals surface area contributed by atoms with Gasteiger partial charge in [0.15, 0.2) is 9.84 Å². The van der Waals surface area contributed by atoms with Gasteiger partial charge in [-0.15, -0.1) is 0 Å². The Morgan fingerprint density at radius 2 is 1.58 bits per heavy atom. The van der Waals surface area contributed by atoms with Gasteiger partial charge in [0.1, 0.15) is 16.5 Å². The first kappa shape index (κ1) is 17.0. The van der Waals surface area contributed by atoms with Crippen LogP contribution in [0.4, 0.5) is 8.78 Å². The van der Waals surface area contributed by atoms with Gasteiger partial charge in [0, 0.05) is 10.7 Å². The van der Waals surface area contributed by atoms with Gasteiger partial charge in [0.05, 0.1) is 0 Å². The number of hydrogen-bond donors (Lipinski definition) is 0. The van der Waals surface area contributed by atoms with Crippen LogP contribution in [0.15, 0.2) is 57.9 Å². The number of hydrogen-bond acceptors (Lipinski definition) is 2. The molecule has 0 saturated heterocycles. The molecule has 1 aliphatic rings. The Hall–Kier alpha value is -1.79. The molecule has 0 unspecified atom stereocenters. The summed E-state index contributed by atoms with van der Waals surface area (Å²) in [6.07, 6.45) is 5.13. The maximum Gasteiger partial charge on any atom is 0.181 e. The van der Waals surface area contributed by atoms with E-state index in [-0.39, 0.29) is 0 Å². The SMILES string of the molecule is CS(=O)(=O)c1c(F)cc(C2=C(c3ccc(Br)cc3)C=CC2)cc1F. The van der Waals surface area contributed by atoms with E-state index >= 15 is 0 Å². The van der Waals surface area contributed by atoms with Crippen molar-refractivity contribution in [3.63, 3.8) is 0 Å². The zero-order chi connectivity index (χ0) is 17.5. The molecule has 0 amide bonds. The second-order valence-electron chi connectivity index (χ2n) is 5.55. The van der Waals surface area contributed by atoms with Gasteiger partial charge in [-0.05, 0) is 53.0 Å². The highest BCUT2D eigenvalue weighted by Crippen LogP contribution is 2.37. The summed E-state index contributed by atoms with van der Waals surface area (Å²) >= 11 is 3.37. The van der Waals surface area contributed by atoms with Crippen LogP contribution < -0.4 is 0 Å². The van der Waals surface area contributed by atoms with Crippen molar-refractivity contribution in [2.24, 2.45) is 0 Å². The van der Waals surface area contributed by atoms with E-state index < -0.39 is 26.4 Å². The zero-order valence-corrected chi connectivity index (χ0v) is 15.1. The van der Waals surface area contributed by atoms with Gasteiger partial charge in [-0.1, -0.05) is 40.2 Å². The number of halogens is 3. The Balaban J connectivity index is 2.15. The molecule has 3 rings (SSSR count). The summed E-state index contributed by atoms with van der Waals surface area (Å²) in [5, 5.41) is 0. The van der Waals surface area contributed by atoms with Crippen molar-refractivity contribution in [3.8, 4) is 0 Å². The summed E-state index contributed by atoms with van der Waals surface area (Å²) in [5.41, 5.74) is 2.90. The van der Waals surface area contributed by atoms with Crippen molar-refractivity contribution < 1.29 is 17.2 Å². The van der Waals surface area contributed by atoms with E-state index in [2.05, 4.69) is 15.9 Å². The summed E-state index contributed by atoms with van der Waals surface area (Å²) in [7, 11) is -3.96. The Morgan fingerprint density at radius 1 is 1.00 bits per heavy atom. The largest absolute Gasteiger partial charge is 0.224 e. The van der Waals surface area contributed by atoms with Crippen molar-refractivity contribution in [1.29, 1.82) is 0 Å². The van der Waals surface area contributed by atoms with E-state index in [9.17, 15) is 17.2 Å². The zero-order valence-electron chi connectivity index (χ0n) is 12.7. The number of rotatable bonds is 3. The molecule has 0 spiro atoms. The lowest BCUT2D eigenvalue weighted by molar-refractivity contribution is 0.520. The van der Waals surface area contributed by atoms with Crippen molar-refractivity contribution in [2.75, 3.05) is 6.26 Å². The molecule has 2 aromatic carbocycles. The molecule has 1 aliphatic carbocycles. The van der Waals surface area contributed by atoms with Crippen LogP contribution in [0.25, 0.3) is 11.1 Å². The third-order valence-corrected chi connectivity index (χ3v) is 5.46. The van der Waals surface area contributed by atoms with Crippen LogP contribution in [0.5, 0.6) is 0 Å². The fourth-order valence-corrected chi connectivity index (χ4v) is 3.86. The molecule has 2 nitrogen and oxygen atoms in total. The van der Waals surface area contributed by atoms with Crippen LogP contribution in [-0.2, 0) is 9.84 Å². The molecule has 0 aliphatic heterocycles. The standard InChI is InChI=1S/C18H13BrF2O2S/c1-24(22,23)18-16(20)9-12(10-17(18)21)15-4-2-3-14(15)11-5-7-13(19)8-6-11/h2-3,5-10H,4H2,1H3. The minimum Gasteiger partial charge on any atom is -0.224 e. The number of allylic oxidation sites excluding steroid dienone is 4. The van der Waals surface area contributed by atoms with Crippen LogP contribution in [0.2, 0.25) is 0 Å². The minimum absolute atomic E-state index is 0.348. The average Bonchev–Trinajstić information content (AvgIpc) is 2.95. The topological polar surface area (TPSA) is 34.1 Å². The van der Waals surface area contributed by atoms with Gasteiger partial charge >= 0.3 is 0 Å². The Bertz CT molecular complexity index is 952. The lowest BCUT2D eigenvalue weighted by Crippen LogP contribution is -2.05. The third-order valence-electron chi connectivity index (χ3n) is 3.80. The van der Waals surface area contributed by atoms with Crippen molar-refractivity contribution in [1.82, 2.24) is 0 Å². The predicted octanol–water partition coefficient (Wildman–Crippen LogP) is 5.00. The highest BCUT2D eigenvalue weighted by atomic mass is 79.9. The summed E-state index contributed by atoms with van der Waals surface area (Å²) in [4.78, 5) is -0.886. The molecule has 0 radical (unpaired) electrons. The lowest BCUT2D eigenvalue weighted by atomic mass is 9.96. The first-order valence-corrected chi connectivity index (χ1v) is 9.81. The summed E-state index contributed by atoms with van der Waals surface area (Å²) in [5.74, 6) is -2.14. The fourth-order valence-electron chi connectivity index (χ4n) is 2.77. The van der Waals surface area contributed by atoms with Gasteiger partial charge in [-0.2, -0.15) is 0 Å². The number of benzene rings is 2. The van der Waals surface area contributed by atoms with Crippen molar-refractivity contribution in [2.45, 2.75) is 11.3 Å². The van der Waals surface area contributed by atoms with Crippen LogP contribution in [0, 0.1) is 11.6 Å². The highest BCUT2D eigenvalue weighted by Gasteiger charge is 2.23. The van der Waals surface area contributed by atoms with Gasteiger partial charge in [0.2, 0.25) is 0 Å². The molecule has 0 heterocycles. The maximum absolute atomic E-state index is 14.2. The van der Waals surface area contributed by atoms with Gasteiger partial charge in [0.25, 0.3) is 0 Å². The molecule has 24 heavy (non-hydrogen) atoms. The van der Waals surface area contributed by atoms with E-state index in [4.69, 9.17) is 0 Å². The van der Waals surface area contributed by atoms with Crippen molar-refractivity contribution in [3.05, 3.63) is 75.8 Å². The molecule has 0 atom stereocenters. The third kappa shape index (κ3) is 3.21. The first-order valence-electron chi connectivity index (χ1n) is 7.12. The molecular formula is C18H13BrF2O2S. The average molecular weight is 411 g/mol. The molecule has 0 bridgehead atoms. The second kappa shape index (κ2) is 6.26. The molecule has 124 valence electrons. The predicted molar refractivity (Wildman–Crippen MR) is 94.2 cm³/mol. The van der Waals surface area contributed by atoms with Crippen LogP contribution in [0.3, 0.4) is 0 Å². The number of sulfone groups is 1. The van der Waals surface area contributed by atoms with Crippen LogP contribution >= 0.6 is 15.9 Å². The minimum atomic E-state index is -3.96. The van der Waals surface area contributed by atoms with E-state index in [0.717, 1.165) is 39.6 Å². The molecule has 0 N–H and O–H groups in total. The normalized spacial score (nSPS) is 14.5. The Morgan fingerprint density at radius 3 is 2.12 bits per heavy atom. The van der Waals surface area contributed by atoms with Crippen LogP contribution in [-0.4, -0.2) is 14.7 Å². The second-order valence-corrected chi connectivity index (χ2v) is 8.42.